The molecule has 1 fully saturated rings. The molecular formula is C19H23N5O. The van der Waals surface area contributed by atoms with Gasteiger partial charge in [0, 0.05) is 18.2 Å². The average Bonchev–Trinajstić information content (AvgIpc) is 2.86. The molecule has 0 radical (unpaired) electrons. The van der Waals surface area contributed by atoms with Crippen molar-refractivity contribution in [2.24, 2.45) is 0 Å². The van der Waals surface area contributed by atoms with Crippen LogP contribution in [0, 0.1) is 6.92 Å². The quantitative estimate of drug-likeness (QED) is 0.798. The standard InChI is InChI=1S/C19H23N5O/c1-14-6-8-15(9-7-14)18-21-19-20-16(12-17(25)24(19)22-18)13-23-10-4-2-3-5-11-23/h6-9,12H,2-5,10-11,13H2,1H3,(H,20,21,22). The highest BCUT2D eigenvalue weighted by Gasteiger charge is 2.13. The van der Waals surface area contributed by atoms with Crippen LogP contribution < -0.4 is 5.56 Å². The maximum Gasteiger partial charge on any atom is 0.274 e. The monoisotopic (exact) mass is 337 g/mol. The number of aromatic nitrogens is 4. The predicted molar refractivity (Wildman–Crippen MR) is 97.5 cm³/mol. The van der Waals surface area contributed by atoms with E-state index in [1.165, 1.54) is 35.8 Å². The van der Waals surface area contributed by atoms with Crippen molar-refractivity contribution in [3.05, 3.63) is 51.9 Å². The molecule has 1 aromatic carbocycles. The third-order valence-electron chi connectivity index (χ3n) is 4.79. The van der Waals surface area contributed by atoms with Gasteiger partial charge in [-0.2, -0.15) is 9.50 Å². The van der Waals surface area contributed by atoms with Crippen molar-refractivity contribution in [1.29, 1.82) is 0 Å². The summed E-state index contributed by atoms with van der Waals surface area (Å²) in [5.41, 5.74) is 2.83. The van der Waals surface area contributed by atoms with Gasteiger partial charge in [0.15, 0.2) is 5.82 Å². The molecule has 25 heavy (non-hydrogen) atoms. The van der Waals surface area contributed by atoms with Gasteiger partial charge in [-0.3, -0.25) is 14.8 Å². The van der Waals surface area contributed by atoms with Crippen LogP contribution in [0.25, 0.3) is 17.2 Å². The Morgan fingerprint density at radius 3 is 2.48 bits per heavy atom. The van der Waals surface area contributed by atoms with E-state index >= 15 is 0 Å². The summed E-state index contributed by atoms with van der Waals surface area (Å²) in [5, 5.41) is 3.06. The van der Waals surface area contributed by atoms with Gasteiger partial charge in [-0.1, -0.05) is 42.7 Å². The summed E-state index contributed by atoms with van der Waals surface area (Å²) < 4.78 is 1.42. The SMILES string of the molecule is Cc1ccc(-c2nc3nc(CN4CCCCCC4)cc(=O)n3[nH]2)cc1. The topological polar surface area (TPSA) is 66.3 Å². The predicted octanol–water partition coefficient (Wildman–Crippen LogP) is 2.77. The first kappa shape index (κ1) is 16.0. The molecule has 0 saturated carbocycles. The minimum absolute atomic E-state index is 0.110. The Morgan fingerprint density at radius 2 is 1.76 bits per heavy atom. The molecule has 0 spiro atoms. The molecule has 0 amide bonds. The van der Waals surface area contributed by atoms with Crippen molar-refractivity contribution >= 4 is 5.78 Å². The van der Waals surface area contributed by atoms with Crippen LogP contribution in [-0.2, 0) is 6.54 Å². The highest BCUT2D eigenvalue weighted by molar-refractivity contribution is 5.57. The number of nitrogens with zero attached hydrogens (tertiary/aromatic N) is 4. The highest BCUT2D eigenvalue weighted by atomic mass is 16.1. The molecule has 130 valence electrons. The van der Waals surface area contributed by atoms with E-state index in [2.05, 4.69) is 20.0 Å². The molecular weight excluding hydrogens is 314 g/mol. The normalized spacial score (nSPS) is 16.2. The van der Waals surface area contributed by atoms with Gasteiger partial charge < -0.3 is 0 Å². The lowest BCUT2D eigenvalue weighted by Crippen LogP contribution is -2.26. The molecule has 4 rings (SSSR count). The fourth-order valence-corrected chi connectivity index (χ4v) is 3.37. The van der Waals surface area contributed by atoms with Crippen LogP contribution in [0.4, 0.5) is 0 Å². The zero-order valence-corrected chi connectivity index (χ0v) is 14.5. The number of likely N-dealkylation sites (tertiary alicyclic amines) is 1. The van der Waals surface area contributed by atoms with E-state index in [9.17, 15) is 4.79 Å². The van der Waals surface area contributed by atoms with Gasteiger partial charge in [0.2, 0.25) is 0 Å². The minimum atomic E-state index is -0.110. The Bertz CT molecular complexity index is 917. The molecule has 3 aromatic rings. The van der Waals surface area contributed by atoms with Gasteiger partial charge in [-0.05, 0) is 32.9 Å². The minimum Gasteiger partial charge on any atom is -0.298 e. The Labute approximate surface area is 146 Å². The first-order chi connectivity index (χ1) is 12.2. The third-order valence-corrected chi connectivity index (χ3v) is 4.79. The van der Waals surface area contributed by atoms with E-state index in [0.717, 1.165) is 30.9 Å². The van der Waals surface area contributed by atoms with Crippen LogP contribution in [0.1, 0.15) is 36.9 Å². The van der Waals surface area contributed by atoms with E-state index in [1.807, 2.05) is 31.2 Å². The molecule has 0 aliphatic carbocycles. The highest BCUT2D eigenvalue weighted by Crippen LogP contribution is 2.16. The molecule has 0 unspecified atom stereocenters. The first-order valence-corrected chi connectivity index (χ1v) is 8.97. The van der Waals surface area contributed by atoms with Crippen LogP contribution in [0.5, 0.6) is 0 Å². The Morgan fingerprint density at radius 1 is 1.04 bits per heavy atom. The van der Waals surface area contributed by atoms with Gasteiger partial charge in [0.05, 0.1) is 5.69 Å². The molecule has 1 saturated heterocycles. The zero-order valence-electron chi connectivity index (χ0n) is 14.5. The number of rotatable bonds is 3. The molecule has 0 atom stereocenters. The van der Waals surface area contributed by atoms with Crippen molar-refractivity contribution in [3.63, 3.8) is 0 Å². The van der Waals surface area contributed by atoms with Crippen LogP contribution in [0.15, 0.2) is 35.1 Å². The number of benzene rings is 1. The van der Waals surface area contributed by atoms with E-state index in [0.29, 0.717) is 11.6 Å². The van der Waals surface area contributed by atoms with Gasteiger partial charge >= 0.3 is 0 Å². The van der Waals surface area contributed by atoms with Gasteiger partial charge in [-0.15, -0.1) is 0 Å². The molecule has 6 nitrogen and oxygen atoms in total. The number of hydrogen-bond donors (Lipinski definition) is 1. The van der Waals surface area contributed by atoms with Crippen molar-refractivity contribution in [1.82, 2.24) is 24.5 Å². The van der Waals surface area contributed by atoms with E-state index in [-0.39, 0.29) is 5.56 Å². The number of nitrogens with one attached hydrogen (secondary N) is 1. The second-order valence-electron chi connectivity index (χ2n) is 6.85. The Balaban J connectivity index is 1.64. The largest absolute Gasteiger partial charge is 0.298 e. The molecule has 0 bridgehead atoms. The summed E-state index contributed by atoms with van der Waals surface area (Å²) in [6.07, 6.45) is 5.04. The van der Waals surface area contributed by atoms with Crippen LogP contribution in [0.3, 0.4) is 0 Å². The zero-order chi connectivity index (χ0) is 17.2. The van der Waals surface area contributed by atoms with Crippen molar-refractivity contribution in [2.75, 3.05) is 13.1 Å². The van der Waals surface area contributed by atoms with Crippen LogP contribution in [0.2, 0.25) is 0 Å². The van der Waals surface area contributed by atoms with Crippen molar-refractivity contribution < 1.29 is 0 Å². The lowest BCUT2D eigenvalue weighted by molar-refractivity contribution is 0.273. The smallest absolute Gasteiger partial charge is 0.274 e. The van der Waals surface area contributed by atoms with Gasteiger partial charge in [-0.25, -0.2) is 4.98 Å². The molecule has 1 aliphatic heterocycles. The lowest BCUT2D eigenvalue weighted by atomic mass is 10.1. The first-order valence-electron chi connectivity index (χ1n) is 8.97. The fourth-order valence-electron chi connectivity index (χ4n) is 3.37. The van der Waals surface area contributed by atoms with Crippen LogP contribution >= 0.6 is 0 Å². The molecule has 2 aromatic heterocycles. The Kier molecular flexibility index (Phi) is 4.36. The summed E-state index contributed by atoms with van der Waals surface area (Å²) >= 11 is 0. The number of hydrogen-bond acceptors (Lipinski definition) is 4. The van der Waals surface area contributed by atoms with Gasteiger partial charge in [0.1, 0.15) is 0 Å². The summed E-state index contributed by atoms with van der Waals surface area (Å²) in [6, 6.07) is 9.68. The molecule has 6 heteroatoms. The van der Waals surface area contributed by atoms with E-state index < -0.39 is 0 Å². The number of aryl methyl sites for hydroxylation is 1. The van der Waals surface area contributed by atoms with Gasteiger partial charge in [0.25, 0.3) is 11.3 Å². The molecule has 1 aliphatic rings. The number of H-pyrrole nitrogens is 1. The maximum absolute atomic E-state index is 12.4. The second-order valence-corrected chi connectivity index (χ2v) is 6.85. The van der Waals surface area contributed by atoms with E-state index in [1.54, 1.807) is 6.07 Å². The van der Waals surface area contributed by atoms with E-state index in [4.69, 9.17) is 0 Å². The fraction of sp³-hybridized carbons (Fsp3) is 0.421. The second kappa shape index (κ2) is 6.80. The average molecular weight is 337 g/mol. The summed E-state index contributed by atoms with van der Waals surface area (Å²) in [5.74, 6) is 1.10. The Hall–Kier alpha value is -2.47. The number of fused-ring (bicyclic) bond motifs is 1. The lowest BCUT2D eigenvalue weighted by Gasteiger charge is -2.18. The molecule has 1 N–H and O–H groups in total. The van der Waals surface area contributed by atoms with Crippen molar-refractivity contribution in [2.45, 2.75) is 39.2 Å². The summed E-state index contributed by atoms with van der Waals surface area (Å²) in [6.45, 7) is 4.93. The third kappa shape index (κ3) is 3.49. The van der Waals surface area contributed by atoms with Crippen LogP contribution in [-0.4, -0.2) is 37.6 Å². The summed E-state index contributed by atoms with van der Waals surface area (Å²) in [4.78, 5) is 24.0. The number of aromatic amines is 1. The van der Waals surface area contributed by atoms with Crippen molar-refractivity contribution in [3.8, 4) is 11.4 Å². The molecule has 3 heterocycles. The maximum atomic E-state index is 12.4. The summed E-state index contributed by atoms with van der Waals surface area (Å²) in [7, 11) is 0.